The van der Waals surface area contributed by atoms with Crippen LogP contribution in [-0.2, 0) is 11.3 Å². The third-order valence-corrected chi connectivity index (χ3v) is 4.06. The van der Waals surface area contributed by atoms with Crippen molar-refractivity contribution in [1.82, 2.24) is 14.5 Å². The van der Waals surface area contributed by atoms with E-state index in [4.69, 9.17) is 4.74 Å². The molecule has 0 atom stereocenters. The fourth-order valence-corrected chi connectivity index (χ4v) is 2.80. The highest BCUT2D eigenvalue weighted by atomic mass is 32.1. The number of hydrogen-bond acceptors (Lipinski definition) is 6. The average Bonchev–Trinajstić information content (AvgIpc) is 2.84. The van der Waals surface area contributed by atoms with Gasteiger partial charge in [-0.2, -0.15) is 0 Å². The number of nitrogens with zero attached hydrogens (tertiary/aromatic N) is 3. The normalized spacial score (nSPS) is 18.1. The van der Waals surface area contributed by atoms with Crippen LogP contribution in [0.1, 0.15) is 31.9 Å². The Kier molecular flexibility index (Phi) is 5.34. The molecular weight excluding hydrogens is 248 g/mol. The Balaban J connectivity index is 1.84. The van der Waals surface area contributed by atoms with Crippen LogP contribution in [0.25, 0.3) is 0 Å². The quantitative estimate of drug-likeness (QED) is 0.856. The van der Waals surface area contributed by atoms with E-state index in [0.717, 1.165) is 56.1 Å². The van der Waals surface area contributed by atoms with Gasteiger partial charge in [0.25, 0.3) is 0 Å². The van der Waals surface area contributed by atoms with Crippen molar-refractivity contribution in [2.75, 3.05) is 32.1 Å². The van der Waals surface area contributed by atoms with Gasteiger partial charge in [-0.3, -0.25) is 4.90 Å². The zero-order valence-corrected chi connectivity index (χ0v) is 12.0. The number of likely N-dealkylation sites (tertiary alicyclic amines) is 1. The van der Waals surface area contributed by atoms with Crippen LogP contribution in [0, 0.1) is 0 Å². The van der Waals surface area contributed by atoms with Gasteiger partial charge in [-0.15, -0.1) is 5.10 Å². The molecule has 0 bridgehead atoms. The fraction of sp³-hybridized carbons (Fsp3) is 0.833. The number of ether oxygens (including phenoxy) is 1. The summed E-state index contributed by atoms with van der Waals surface area (Å²) in [5.74, 6) is 0. The summed E-state index contributed by atoms with van der Waals surface area (Å²) < 4.78 is 9.44. The summed E-state index contributed by atoms with van der Waals surface area (Å²) in [6, 6.07) is 0. The van der Waals surface area contributed by atoms with Crippen molar-refractivity contribution in [3.63, 3.8) is 0 Å². The largest absolute Gasteiger partial charge is 0.381 e. The van der Waals surface area contributed by atoms with E-state index in [1.165, 1.54) is 11.5 Å². The zero-order valence-electron chi connectivity index (χ0n) is 11.2. The Hall–Kier alpha value is -0.720. The van der Waals surface area contributed by atoms with Crippen molar-refractivity contribution < 1.29 is 4.74 Å². The van der Waals surface area contributed by atoms with Gasteiger partial charge in [0.05, 0.1) is 6.10 Å². The molecule has 1 aromatic rings. The molecule has 102 valence electrons. The Morgan fingerprint density at radius 3 is 2.89 bits per heavy atom. The van der Waals surface area contributed by atoms with E-state index < -0.39 is 0 Å². The molecule has 2 heterocycles. The standard InChI is InChI=1S/C12H22N4OS/c1-3-6-13-12-11(14-15-18-12)9-16-7-4-10(17-2)5-8-16/h10,13H,3-9H2,1-2H3. The first-order valence-electron chi connectivity index (χ1n) is 6.63. The van der Waals surface area contributed by atoms with Crippen molar-refractivity contribution in [2.45, 2.75) is 38.8 Å². The lowest BCUT2D eigenvalue weighted by Crippen LogP contribution is -2.36. The summed E-state index contributed by atoms with van der Waals surface area (Å²) in [6.07, 6.45) is 3.79. The van der Waals surface area contributed by atoms with E-state index in [1.807, 2.05) is 0 Å². The van der Waals surface area contributed by atoms with Gasteiger partial charge in [-0.25, -0.2) is 0 Å². The first-order chi connectivity index (χ1) is 8.83. The Morgan fingerprint density at radius 2 is 2.22 bits per heavy atom. The lowest BCUT2D eigenvalue weighted by atomic mass is 10.1. The van der Waals surface area contributed by atoms with Crippen LogP contribution >= 0.6 is 11.5 Å². The number of anilines is 1. The van der Waals surface area contributed by atoms with E-state index >= 15 is 0 Å². The average molecular weight is 270 g/mol. The second-order valence-corrected chi connectivity index (χ2v) is 5.44. The van der Waals surface area contributed by atoms with Crippen LogP contribution in [-0.4, -0.2) is 47.3 Å². The van der Waals surface area contributed by atoms with Gasteiger partial charge in [-0.05, 0) is 19.3 Å². The van der Waals surface area contributed by atoms with E-state index in [1.54, 1.807) is 7.11 Å². The van der Waals surface area contributed by atoms with Crippen molar-refractivity contribution >= 4 is 16.5 Å². The molecule has 1 aromatic heterocycles. The maximum atomic E-state index is 5.39. The molecule has 0 aliphatic carbocycles. The van der Waals surface area contributed by atoms with Crippen LogP contribution in [0.5, 0.6) is 0 Å². The van der Waals surface area contributed by atoms with E-state index in [9.17, 15) is 0 Å². The molecule has 2 rings (SSSR count). The van der Waals surface area contributed by atoms with E-state index in [-0.39, 0.29) is 0 Å². The minimum atomic E-state index is 0.437. The Labute approximate surface area is 113 Å². The third-order valence-electron chi connectivity index (χ3n) is 3.33. The minimum Gasteiger partial charge on any atom is -0.381 e. The Morgan fingerprint density at radius 1 is 1.44 bits per heavy atom. The summed E-state index contributed by atoms with van der Waals surface area (Å²) in [5, 5.41) is 8.76. The molecule has 5 nitrogen and oxygen atoms in total. The molecular formula is C12H22N4OS. The van der Waals surface area contributed by atoms with Crippen LogP contribution in [0.2, 0.25) is 0 Å². The second kappa shape index (κ2) is 7.01. The third kappa shape index (κ3) is 3.63. The highest BCUT2D eigenvalue weighted by Gasteiger charge is 2.20. The first-order valence-corrected chi connectivity index (χ1v) is 7.41. The number of aromatic nitrogens is 2. The van der Waals surface area contributed by atoms with Crippen LogP contribution < -0.4 is 5.32 Å². The molecule has 1 aliphatic rings. The SMILES string of the molecule is CCCNc1snnc1CN1CCC(OC)CC1. The molecule has 1 N–H and O–H groups in total. The number of methoxy groups -OCH3 is 1. The van der Waals surface area contributed by atoms with Gasteiger partial charge < -0.3 is 10.1 Å². The van der Waals surface area contributed by atoms with Gasteiger partial charge in [0, 0.05) is 44.8 Å². The van der Waals surface area contributed by atoms with Gasteiger partial charge >= 0.3 is 0 Å². The lowest BCUT2D eigenvalue weighted by molar-refractivity contribution is 0.0386. The topological polar surface area (TPSA) is 50.3 Å². The van der Waals surface area contributed by atoms with Gasteiger partial charge in [0.15, 0.2) is 0 Å². The van der Waals surface area contributed by atoms with Crippen molar-refractivity contribution in [2.24, 2.45) is 0 Å². The van der Waals surface area contributed by atoms with Crippen LogP contribution in [0.3, 0.4) is 0 Å². The summed E-state index contributed by atoms with van der Waals surface area (Å²) >= 11 is 1.46. The molecule has 0 amide bonds. The molecule has 0 aromatic carbocycles. The lowest BCUT2D eigenvalue weighted by Gasteiger charge is -2.30. The van der Waals surface area contributed by atoms with Crippen LogP contribution in [0.15, 0.2) is 0 Å². The molecule has 1 aliphatic heterocycles. The van der Waals surface area contributed by atoms with Gasteiger partial charge in [0.1, 0.15) is 10.7 Å². The molecule has 1 fully saturated rings. The summed E-state index contributed by atoms with van der Waals surface area (Å²) in [6.45, 7) is 6.23. The van der Waals surface area contributed by atoms with Crippen molar-refractivity contribution in [3.05, 3.63) is 5.69 Å². The molecule has 0 unspecified atom stereocenters. The summed E-state index contributed by atoms with van der Waals surface area (Å²) in [5.41, 5.74) is 1.09. The van der Waals surface area contributed by atoms with Crippen LogP contribution in [0.4, 0.5) is 5.00 Å². The first kappa shape index (κ1) is 13.7. The maximum absolute atomic E-state index is 5.39. The molecule has 0 spiro atoms. The number of piperidine rings is 1. The predicted octanol–water partition coefficient (Wildman–Crippen LogP) is 1.97. The maximum Gasteiger partial charge on any atom is 0.134 e. The van der Waals surface area contributed by atoms with E-state index in [0.29, 0.717) is 6.10 Å². The number of rotatable bonds is 6. The second-order valence-electron chi connectivity index (χ2n) is 4.69. The van der Waals surface area contributed by atoms with E-state index in [2.05, 4.69) is 26.7 Å². The predicted molar refractivity (Wildman–Crippen MR) is 74.0 cm³/mol. The summed E-state index contributed by atoms with van der Waals surface area (Å²) in [4.78, 5) is 2.43. The smallest absolute Gasteiger partial charge is 0.134 e. The van der Waals surface area contributed by atoms with Gasteiger partial charge in [0.2, 0.25) is 0 Å². The molecule has 0 radical (unpaired) electrons. The minimum absolute atomic E-state index is 0.437. The molecule has 6 heteroatoms. The Bertz CT molecular complexity index is 350. The fourth-order valence-electron chi connectivity index (χ4n) is 2.20. The number of hydrogen-bond donors (Lipinski definition) is 1. The molecule has 0 saturated carbocycles. The van der Waals surface area contributed by atoms with Gasteiger partial charge in [-0.1, -0.05) is 11.4 Å². The molecule has 1 saturated heterocycles. The highest BCUT2D eigenvalue weighted by molar-refractivity contribution is 7.10. The monoisotopic (exact) mass is 270 g/mol. The molecule has 18 heavy (non-hydrogen) atoms. The summed E-state index contributed by atoms with van der Waals surface area (Å²) in [7, 11) is 1.80. The van der Waals surface area contributed by atoms with Crippen molar-refractivity contribution in [1.29, 1.82) is 0 Å². The van der Waals surface area contributed by atoms with Crippen molar-refractivity contribution in [3.8, 4) is 0 Å². The zero-order chi connectivity index (χ0) is 12.8. The highest BCUT2D eigenvalue weighted by Crippen LogP contribution is 2.21. The number of nitrogens with one attached hydrogen (secondary N) is 1.